The minimum Gasteiger partial charge on any atom is -0.271 e. The van der Waals surface area contributed by atoms with E-state index in [9.17, 15) is 0 Å². The van der Waals surface area contributed by atoms with Crippen molar-refractivity contribution >= 4 is 37.5 Å². The van der Waals surface area contributed by atoms with Crippen molar-refractivity contribution in [1.29, 1.82) is 0 Å². The molecule has 0 spiro atoms. The predicted molar refractivity (Wildman–Crippen MR) is 92.3 cm³/mol. The molecule has 1 atom stereocenters. The van der Waals surface area contributed by atoms with Crippen molar-refractivity contribution in [3.8, 4) is 0 Å². The van der Waals surface area contributed by atoms with Crippen LogP contribution in [0.1, 0.15) is 22.2 Å². The Kier molecular flexibility index (Phi) is 4.35. The molecule has 0 saturated heterocycles. The number of aryl methyl sites for hydroxylation is 1. The van der Waals surface area contributed by atoms with E-state index in [4.69, 9.17) is 5.84 Å². The SMILES string of the molecule is Cc1ccc(Br)c(C(Cc2nc3ccccc3s2)NN)c1. The van der Waals surface area contributed by atoms with E-state index in [1.165, 1.54) is 10.3 Å². The van der Waals surface area contributed by atoms with Crippen LogP contribution in [0.3, 0.4) is 0 Å². The quantitative estimate of drug-likeness (QED) is 0.542. The molecule has 1 aromatic heterocycles. The first kappa shape index (κ1) is 14.7. The number of halogens is 1. The summed E-state index contributed by atoms with van der Waals surface area (Å²) >= 11 is 5.33. The number of aromatic nitrogens is 1. The lowest BCUT2D eigenvalue weighted by Gasteiger charge is -2.17. The molecule has 5 heteroatoms. The molecule has 0 aliphatic rings. The van der Waals surface area contributed by atoms with Crippen LogP contribution in [0.4, 0.5) is 0 Å². The van der Waals surface area contributed by atoms with E-state index in [1.807, 2.05) is 18.2 Å². The van der Waals surface area contributed by atoms with Crippen LogP contribution in [-0.2, 0) is 6.42 Å². The third-order valence-corrected chi connectivity index (χ3v) is 5.23. The maximum absolute atomic E-state index is 5.77. The van der Waals surface area contributed by atoms with Gasteiger partial charge in [0.2, 0.25) is 0 Å². The Bertz CT molecular complexity index is 736. The lowest BCUT2D eigenvalue weighted by molar-refractivity contribution is 0.549. The van der Waals surface area contributed by atoms with Crippen molar-refractivity contribution < 1.29 is 0 Å². The monoisotopic (exact) mass is 361 g/mol. The lowest BCUT2D eigenvalue weighted by Crippen LogP contribution is -2.29. The molecule has 3 rings (SSSR count). The van der Waals surface area contributed by atoms with Gasteiger partial charge in [-0.25, -0.2) is 4.98 Å². The van der Waals surface area contributed by atoms with Crippen LogP contribution < -0.4 is 11.3 Å². The number of benzene rings is 2. The van der Waals surface area contributed by atoms with E-state index in [0.717, 1.165) is 27.0 Å². The molecule has 0 bridgehead atoms. The number of fused-ring (bicyclic) bond motifs is 1. The zero-order chi connectivity index (χ0) is 14.8. The standard InChI is InChI=1S/C16H16BrN3S/c1-10-6-7-12(17)11(8-10)14(20-18)9-16-19-13-4-2-3-5-15(13)21-16/h2-8,14,20H,9,18H2,1H3. The summed E-state index contributed by atoms with van der Waals surface area (Å²) in [5.41, 5.74) is 6.35. The third kappa shape index (κ3) is 3.16. The van der Waals surface area contributed by atoms with E-state index in [2.05, 4.69) is 57.5 Å². The van der Waals surface area contributed by atoms with Gasteiger partial charge in [0.25, 0.3) is 0 Å². The van der Waals surface area contributed by atoms with Crippen molar-refractivity contribution in [3.63, 3.8) is 0 Å². The Morgan fingerprint density at radius 3 is 2.86 bits per heavy atom. The Balaban J connectivity index is 1.91. The Morgan fingerprint density at radius 2 is 2.10 bits per heavy atom. The summed E-state index contributed by atoms with van der Waals surface area (Å²) in [7, 11) is 0. The first-order valence-corrected chi connectivity index (χ1v) is 8.35. The van der Waals surface area contributed by atoms with Crippen molar-refractivity contribution in [2.75, 3.05) is 0 Å². The Hall–Kier alpha value is -1.27. The van der Waals surface area contributed by atoms with E-state index < -0.39 is 0 Å². The number of thiazole rings is 1. The number of rotatable bonds is 4. The first-order valence-electron chi connectivity index (χ1n) is 6.74. The lowest BCUT2D eigenvalue weighted by atomic mass is 10.0. The minimum atomic E-state index is 0.0415. The van der Waals surface area contributed by atoms with Crippen LogP contribution in [0.5, 0.6) is 0 Å². The molecular formula is C16H16BrN3S. The van der Waals surface area contributed by atoms with Crippen LogP contribution in [0.2, 0.25) is 0 Å². The molecule has 3 aromatic rings. The zero-order valence-electron chi connectivity index (χ0n) is 11.6. The van der Waals surface area contributed by atoms with Gasteiger partial charge in [0.05, 0.1) is 21.3 Å². The third-order valence-electron chi connectivity index (χ3n) is 3.45. The molecule has 0 saturated carbocycles. The fraction of sp³-hybridized carbons (Fsp3) is 0.188. The smallest absolute Gasteiger partial charge is 0.0958 e. The average molecular weight is 362 g/mol. The predicted octanol–water partition coefficient (Wildman–Crippen LogP) is 4.11. The van der Waals surface area contributed by atoms with Gasteiger partial charge in [0, 0.05) is 10.9 Å². The number of hydrogen-bond donors (Lipinski definition) is 2. The molecule has 1 unspecified atom stereocenters. The van der Waals surface area contributed by atoms with Crippen molar-refractivity contribution in [3.05, 3.63) is 63.1 Å². The first-order chi connectivity index (χ1) is 10.2. The molecule has 108 valence electrons. The normalized spacial score (nSPS) is 12.7. The van der Waals surface area contributed by atoms with Gasteiger partial charge in [0.15, 0.2) is 0 Å². The number of nitrogens with one attached hydrogen (secondary N) is 1. The van der Waals surface area contributed by atoms with Gasteiger partial charge in [-0.3, -0.25) is 11.3 Å². The molecule has 3 N–H and O–H groups in total. The van der Waals surface area contributed by atoms with E-state index in [1.54, 1.807) is 11.3 Å². The van der Waals surface area contributed by atoms with Crippen LogP contribution in [0.25, 0.3) is 10.2 Å². The Morgan fingerprint density at radius 1 is 1.29 bits per heavy atom. The number of para-hydroxylation sites is 1. The topological polar surface area (TPSA) is 50.9 Å². The van der Waals surface area contributed by atoms with Crippen LogP contribution in [-0.4, -0.2) is 4.98 Å². The summed E-state index contributed by atoms with van der Waals surface area (Å²) < 4.78 is 2.28. The highest BCUT2D eigenvalue weighted by molar-refractivity contribution is 9.10. The molecular weight excluding hydrogens is 346 g/mol. The van der Waals surface area contributed by atoms with Gasteiger partial charge in [-0.2, -0.15) is 0 Å². The zero-order valence-corrected chi connectivity index (χ0v) is 14.0. The van der Waals surface area contributed by atoms with Crippen LogP contribution in [0, 0.1) is 6.92 Å². The summed E-state index contributed by atoms with van der Waals surface area (Å²) in [6.07, 6.45) is 0.776. The summed E-state index contributed by atoms with van der Waals surface area (Å²) in [4.78, 5) is 4.69. The van der Waals surface area contributed by atoms with Crippen molar-refractivity contribution in [1.82, 2.24) is 10.4 Å². The fourth-order valence-corrected chi connectivity index (χ4v) is 3.91. The highest BCUT2D eigenvalue weighted by Gasteiger charge is 2.16. The number of hydrogen-bond acceptors (Lipinski definition) is 4. The molecule has 3 nitrogen and oxygen atoms in total. The van der Waals surface area contributed by atoms with Gasteiger partial charge < -0.3 is 0 Å². The van der Waals surface area contributed by atoms with Gasteiger partial charge in [0.1, 0.15) is 0 Å². The maximum atomic E-state index is 5.77. The summed E-state index contributed by atoms with van der Waals surface area (Å²) in [6.45, 7) is 2.08. The highest BCUT2D eigenvalue weighted by Crippen LogP contribution is 2.29. The molecule has 0 fully saturated rings. The van der Waals surface area contributed by atoms with Gasteiger partial charge >= 0.3 is 0 Å². The number of hydrazine groups is 1. The van der Waals surface area contributed by atoms with Gasteiger partial charge in [-0.1, -0.05) is 45.8 Å². The second kappa shape index (κ2) is 6.23. The summed E-state index contributed by atoms with van der Waals surface area (Å²) in [5, 5.41) is 1.09. The van der Waals surface area contributed by atoms with Crippen LogP contribution >= 0.6 is 27.3 Å². The van der Waals surface area contributed by atoms with Crippen LogP contribution in [0.15, 0.2) is 46.9 Å². The average Bonchev–Trinajstić information content (AvgIpc) is 2.90. The minimum absolute atomic E-state index is 0.0415. The van der Waals surface area contributed by atoms with E-state index in [-0.39, 0.29) is 6.04 Å². The maximum Gasteiger partial charge on any atom is 0.0958 e. The molecule has 0 aliphatic carbocycles. The molecule has 0 radical (unpaired) electrons. The van der Waals surface area contributed by atoms with E-state index in [0.29, 0.717) is 0 Å². The second-order valence-electron chi connectivity index (χ2n) is 5.02. The molecule has 1 heterocycles. The van der Waals surface area contributed by atoms with Gasteiger partial charge in [-0.05, 0) is 30.7 Å². The largest absolute Gasteiger partial charge is 0.271 e. The molecule has 2 aromatic carbocycles. The van der Waals surface area contributed by atoms with Crippen molar-refractivity contribution in [2.24, 2.45) is 5.84 Å². The number of nitrogens with two attached hydrogens (primary N) is 1. The summed E-state index contributed by atoms with van der Waals surface area (Å²) in [5.74, 6) is 5.77. The molecule has 0 amide bonds. The number of nitrogens with zero attached hydrogens (tertiary/aromatic N) is 1. The van der Waals surface area contributed by atoms with Gasteiger partial charge in [-0.15, -0.1) is 11.3 Å². The highest BCUT2D eigenvalue weighted by atomic mass is 79.9. The fourth-order valence-electron chi connectivity index (χ4n) is 2.37. The molecule has 21 heavy (non-hydrogen) atoms. The summed E-state index contributed by atoms with van der Waals surface area (Å²) in [6, 6.07) is 14.5. The van der Waals surface area contributed by atoms with E-state index >= 15 is 0 Å². The Labute approximate surface area is 136 Å². The molecule has 0 aliphatic heterocycles. The van der Waals surface area contributed by atoms with Crippen molar-refractivity contribution in [2.45, 2.75) is 19.4 Å². The second-order valence-corrected chi connectivity index (χ2v) is 6.99.